The second kappa shape index (κ2) is 9.72. The number of carbonyl (C=O) groups excluding carboxylic acids is 1. The fraction of sp³-hybridized carbons (Fsp3) is 0.444. The number of hydrogen-bond acceptors (Lipinski definition) is 5. The Hall–Kier alpha value is -2.34. The molecule has 1 N–H and O–H groups in total. The van der Waals surface area contributed by atoms with Crippen LogP contribution >= 0.6 is 0 Å². The zero-order valence-electron chi connectivity index (χ0n) is 14.1. The normalized spacial score (nSPS) is 17.9. The van der Waals surface area contributed by atoms with E-state index in [1.165, 1.54) is 6.08 Å². The number of methoxy groups -OCH3 is 1. The summed E-state index contributed by atoms with van der Waals surface area (Å²) >= 11 is 0. The summed E-state index contributed by atoms with van der Waals surface area (Å²) in [4.78, 5) is 21.3. The Labute approximate surface area is 142 Å². The fourth-order valence-electron chi connectivity index (χ4n) is 1.93. The predicted molar refractivity (Wildman–Crippen MR) is 88.9 cm³/mol. The van der Waals surface area contributed by atoms with Crippen molar-refractivity contribution in [1.82, 2.24) is 0 Å². The third kappa shape index (κ3) is 5.70. The van der Waals surface area contributed by atoms with E-state index in [1.807, 2.05) is 0 Å². The summed E-state index contributed by atoms with van der Waals surface area (Å²) in [6.07, 6.45) is 4.40. The monoisotopic (exact) mass is 336 g/mol. The quantitative estimate of drug-likeness (QED) is 0.340. The average molecular weight is 336 g/mol. The number of epoxide rings is 1. The Kier molecular flexibility index (Phi) is 7.98. The Morgan fingerprint density at radius 2 is 1.96 bits per heavy atom. The van der Waals surface area contributed by atoms with Crippen LogP contribution in [0.2, 0.25) is 0 Å². The van der Waals surface area contributed by atoms with Crippen molar-refractivity contribution in [3.63, 3.8) is 0 Å². The van der Waals surface area contributed by atoms with E-state index in [4.69, 9.17) is 19.3 Å². The topological polar surface area (TPSA) is 85.4 Å². The van der Waals surface area contributed by atoms with Gasteiger partial charge in [-0.1, -0.05) is 38.5 Å². The number of esters is 1. The largest absolute Gasteiger partial charge is 0.497 e. The van der Waals surface area contributed by atoms with Gasteiger partial charge in [-0.15, -0.1) is 0 Å². The van der Waals surface area contributed by atoms with Crippen LogP contribution in [-0.4, -0.2) is 37.4 Å². The van der Waals surface area contributed by atoms with Crippen molar-refractivity contribution in [2.24, 2.45) is 0 Å². The highest BCUT2D eigenvalue weighted by molar-refractivity contribution is 5.82. The van der Waals surface area contributed by atoms with Gasteiger partial charge in [0.05, 0.1) is 20.3 Å². The van der Waals surface area contributed by atoms with Gasteiger partial charge < -0.3 is 19.3 Å². The summed E-state index contributed by atoms with van der Waals surface area (Å²) in [5, 5.41) is 8.93. The van der Waals surface area contributed by atoms with Crippen molar-refractivity contribution >= 4 is 11.9 Å². The van der Waals surface area contributed by atoms with Crippen molar-refractivity contribution in [2.75, 3.05) is 20.3 Å². The van der Waals surface area contributed by atoms with Gasteiger partial charge in [-0.3, -0.25) is 0 Å². The molecule has 0 amide bonds. The number of aliphatic carboxylic acids is 1. The van der Waals surface area contributed by atoms with E-state index in [0.29, 0.717) is 17.9 Å². The van der Waals surface area contributed by atoms with Crippen molar-refractivity contribution in [3.05, 3.63) is 42.5 Å². The molecule has 0 aliphatic carbocycles. The molecule has 6 heteroatoms. The van der Waals surface area contributed by atoms with Gasteiger partial charge >= 0.3 is 11.9 Å². The van der Waals surface area contributed by atoms with Crippen molar-refractivity contribution in [1.29, 1.82) is 0 Å². The molecule has 24 heavy (non-hydrogen) atoms. The van der Waals surface area contributed by atoms with Crippen LogP contribution in [0.15, 0.2) is 36.9 Å². The zero-order chi connectivity index (χ0) is 18.0. The molecule has 0 bridgehead atoms. The predicted octanol–water partition coefficient (Wildman–Crippen LogP) is 2.91. The standard InChI is InChI=1S/C10H10O4.C8H14O2/c1-13-8-4-2-7(3-5-8)10(6-14-10)9(11)12;1-3-5-6-7-10-8(9)4-2/h2-5H,6H2,1H3,(H,11,12);4H,2-3,5-7H2,1H3. The van der Waals surface area contributed by atoms with Crippen molar-refractivity contribution < 1.29 is 28.9 Å². The lowest BCUT2D eigenvalue weighted by Crippen LogP contribution is -2.21. The molecule has 1 aromatic rings. The first kappa shape index (κ1) is 19.7. The Balaban J connectivity index is 0.000000257. The number of rotatable bonds is 8. The number of hydrogen-bond donors (Lipinski definition) is 1. The molecule has 1 aliphatic rings. The second-order valence-corrected chi connectivity index (χ2v) is 5.23. The van der Waals surface area contributed by atoms with Gasteiger partial charge in [0, 0.05) is 6.08 Å². The van der Waals surface area contributed by atoms with Gasteiger partial charge in [-0.05, 0) is 24.1 Å². The number of ether oxygens (including phenoxy) is 3. The molecular formula is C18H24O6. The molecule has 1 aromatic carbocycles. The van der Waals surface area contributed by atoms with E-state index in [0.717, 1.165) is 19.3 Å². The zero-order valence-corrected chi connectivity index (χ0v) is 14.1. The molecule has 0 spiro atoms. The maximum absolute atomic E-state index is 10.9. The minimum absolute atomic E-state index is 0.245. The number of carboxylic acid groups (broad SMARTS) is 1. The Morgan fingerprint density at radius 3 is 2.38 bits per heavy atom. The van der Waals surface area contributed by atoms with Crippen LogP contribution in [0.1, 0.15) is 31.7 Å². The first-order valence-electron chi connectivity index (χ1n) is 7.81. The first-order valence-corrected chi connectivity index (χ1v) is 7.81. The maximum Gasteiger partial charge on any atom is 0.343 e. The third-order valence-corrected chi connectivity index (χ3v) is 3.49. The molecule has 6 nitrogen and oxygen atoms in total. The number of unbranched alkanes of at least 4 members (excludes halogenated alkanes) is 2. The summed E-state index contributed by atoms with van der Waals surface area (Å²) < 4.78 is 14.7. The third-order valence-electron chi connectivity index (χ3n) is 3.49. The highest BCUT2D eigenvalue weighted by atomic mass is 16.6. The summed E-state index contributed by atoms with van der Waals surface area (Å²) in [6, 6.07) is 6.86. The summed E-state index contributed by atoms with van der Waals surface area (Å²) in [6.45, 7) is 6.16. The molecule has 1 heterocycles. The summed E-state index contributed by atoms with van der Waals surface area (Å²) in [5.41, 5.74) is -0.447. The van der Waals surface area contributed by atoms with Gasteiger partial charge in [0.1, 0.15) is 5.75 Å². The van der Waals surface area contributed by atoms with Crippen LogP contribution in [0.3, 0.4) is 0 Å². The SMILES string of the molecule is C=CC(=O)OCCCCC.COc1ccc(C2(C(=O)O)CO2)cc1. The first-order chi connectivity index (χ1) is 11.5. The molecule has 1 fully saturated rings. The summed E-state index contributed by atoms with van der Waals surface area (Å²) in [5.74, 6) is -0.561. The number of carboxylic acids is 1. The fourth-order valence-corrected chi connectivity index (χ4v) is 1.93. The van der Waals surface area contributed by atoms with Gasteiger partial charge in [0.15, 0.2) is 0 Å². The smallest absolute Gasteiger partial charge is 0.343 e. The second-order valence-electron chi connectivity index (χ2n) is 5.23. The molecule has 0 aromatic heterocycles. The van der Waals surface area contributed by atoms with E-state index < -0.39 is 11.6 Å². The average Bonchev–Trinajstić information content (AvgIpc) is 3.41. The van der Waals surface area contributed by atoms with Crippen LogP contribution in [0.4, 0.5) is 0 Å². The summed E-state index contributed by atoms with van der Waals surface area (Å²) in [7, 11) is 1.57. The molecular weight excluding hydrogens is 312 g/mol. The molecule has 1 saturated heterocycles. The van der Waals surface area contributed by atoms with E-state index in [1.54, 1.807) is 31.4 Å². The van der Waals surface area contributed by atoms with E-state index in [2.05, 4.69) is 13.5 Å². The number of carbonyl (C=O) groups is 2. The van der Waals surface area contributed by atoms with Crippen LogP contribution in [-0.2, 0) is 24.7 Å². The van der Waals surface area contributed by atoms with Gasteiger partial charge in [0.2, 0.25) is 5.60 Å². The molecule has 0 radical (unpaired) electrons. The lowest BCUT2D eigenvalue weighted by atomic mass is 10.0. The lowest BCUT2D eigenvalue weighted by Gasteiger charge is -2.07. The van der Waals surface area contributed by atoms with Gasteiger partial charge in [-0.2, -0.15) is 0 Å². The Morgan fingerprint density at radius 1 is 1.33 bits per heavy atom. The minimum atomic E-state index is -1.10. The van der Waals surface area contributed by atoms with Gasteiger partial charge in [0.25, 0.3) is 0 Å². The lowest BCUT2D eigenvalue weighted by molar-refractivity contribution is -0.143. The molecule has 0 saturated carbocycles. The Bertz CT molecular complexity index is 545. The maximum atomic E-state index is 10.9. The molecule has 1 unspecified atom stereocenters. The number of benzene rings is 1. The van der Waals surface area contributed by atoms with Crippen LogP contribution in [0, 0.1) is 0 Å². The van der Waals surface area contributed by atoms with Crippen LogP contribution < -0.4 is 4.74 Å². The van der Waals surface area contributed by atoms with E-state index >= 15 is 0 Å². The van der Waals surface area contributed by atoms with Crippen LogP contribution in [0.5, 0.6) is 5.75 Å². The highest BCUT2D eigenvalue weighted by Crippen LogP contribution is 2.39. The highest BCUT2D eigenvalue weighted by Gasteiger charge is 2.54. The molecule has 1 aliphatic heterocycles. The van der Waals surface area contributed by atoms with Crippen LogP contribution in [0.25, 0.3) is 0 Å². The molecule has 2 rings (SSSR count). The van der Waals surface area contributed by atoms with E-state index in [-0.39, 0.29) is 12.6 Å². The minimum Gasteiger partial charge on any atom is -0.497 e. The van der Waals surface area contributed by atoms with E-state index in [9.17, 15) is 9.59 Å². The van der Waals surface area contributed by atoms with Crippen molar-refractivity contribution in [2.45, 2.75) is 31.8 Å². The molecule has 1 atom stereocenters. The molecule has 132 valence electrons. The van der Waals surface area contributed by atoms with Gasteiger partial charge in [-0.25, -0.2) is 9.59 Å². The van der Waals surface area contributed by atoms with Crippen molar-refractivity contribution in [3.8, 4) is 5.75 Å².